The third kappa shape index (κ3) is 1.98. The van der Waals surface area contributed by atoms with Gasteiger partial charge in [-0.05, 0) is 46.7 Å². The zero-order chi connectivity index (χ0) is 9.14. The number of halogens is 1. The highest BCUT2D eigenvalue weighted by Crippen LogP contribution is 2.22. The van der Waals surface area contributed by atoms with Crippen LogP contribution < -0.4 is 0 Å². The molecule has 1 N–H and O–H groups in total. The van der Waals surface area contributed by atoms with Crippen molar-refractivity contribution in [2.45, 2.75) is 13.8 Å². The molecule has 1 aromatic rings. The molecule has 0 unspecified atom stereocenters. The van der Waals surface area contributed by atoms with Crippen LogP contribution in [0.25, 0.3) is 0 Å². The molecular formula is C10H12IO. The summed E-state index contributed by atoms with van der Waals surface area (Å²) < 4.78 is 1.25. The van der Waals surface area contributed by atoms with Crippen molar-refractivity contribution in [1.82, 2.24) is 0 Å². The lowest BCUT2D eigenvalue weighted by Gasteiger charge is -2.11. The predicted octanol–water partition coefficient (Wildman–Crippen LogP) is 2.53. The van der Waals surface area contributed by atoms with Gasteiger partial charge < -0.3 is 5.11 Å². The molecule has 0 bridgehead atoms. The monoisotopic (exact) mass is 275 g/mol. The average molecular weight is 275 g/mol. The van der Waals surface area contributed by atoms with Gasteiger partial charge in [-0.15, -0.1) is 0 Å². The Kier molecular flexibility index (Phi) is 3.53. The minimum atomic E-state index is 0.140. The van der Waals surface area contributed by atoms with E-state index < -0.39 is 0 Å². The SMILES string of the molecule is C[C](CO)c1cccc(I)c1C. The third-order valence-electron chi connectivity index (χ3n) is 1.96. The van der Waals surface area contributed by atoms with Crippen LogP contribution in [0, 0.1) is 16.4 Å². The van der Waals surface area contributed by atoms with Gasteiger partial charge in [-0.2, -0.15) is 0 Å². The zero-order valence-corrected chi connectivity index (χ0v) is 9.42. The largest absolute Gasteiger partial charge is 0.395 e. The van der Waals surface area contributed by atoms with Crippen molar-refractivity contribution in [2.75, 3.05) is 6.61 Å². The van der Waals surface area contributed by atoms with Crippen molar-refractivity contribution in [3.63, 3.8) is 0 Å². The number of benzene rings is 1. The average Bonchev–Trinajstić information content (AvgIpc) is 2.08. The number of hydrogen-bond acceptors (Lipinski definition) is 1. The summed E-state index contributed by atoms with van der Waals surface area (Å²) >= 11 is 2.30. The van der Waals surface area contributed by atoms with Crippen LogP contribution >= 0.6 is 22.6 Å². The molecule has 0 saturated carbocycles. The quantitative estimate of drug-likeness (QED) is 0.822. The summed E-state index contributed by atoms with van der Waals surface area (Å²) in [6, 6.07) is 6.14. The lowest BCUT2D eigenvalue weighted by Crippen LogP contribution is -2.03. The Morgan fingerprint density at radius 1 is 1.50 bits per heavy atom. The molecular weight excluding hydrogens is 263 g/mol. The fraction of sp³-hybridized carbons (Fsp3) is 0.300. The highest BCUT2D eigenvalue weighted by Gasteiger charge is 2.08. The van der Waals surface area contributed by atoms with E-state index in [4.69, 9.17) is 5.11 Å². The lowest BCUT2D eigenvalue weighted by atomic mass is 9.97. The summed E-state index contributed by atoms with van der Waals surface area (Å²) in [5.41, 5.74) is 2.43. The molecule has 0 saturated heterocycles. The normalized spacial score (nSPS) is 10.8. The minimum Gasteiger partial charge on any atom is -0.395 e. The van der Waals surface area contributed by atoms with Crippen molar-refractivity contribution in [2.24, 2.45) is 0 Å². The summed E-state index contributed by atoms with van der Waals surface area (Å²) in [5.74, 6) is 1.03. The predicted molar refractivity (Wildman–Crippen MR) is 59.0 cm³/mol. The van der Waals surface area contributed by atoms with E-state index in [1.807, 2.05) is 19.1 Å². The van der Waals surface area contributed by atoms with Gasteiger partial charge in [0.2, 0.25) is 0 Å². The zero-order valence-electron chi connectivity index (χ0n) is 7.26. The molecule has 0 amide bonds. The maximum absolute atomic E-state index is 8.96. The molecule has 0 aromatic heterocycles. The Morgan fingerprint density at radius 3 is 2.75 bits per heavy atom. The van der Waals surface area contributed by atoms with Gasteiger partial charge in [0, 0.05) is 9.49 Å². The minimum absolute atomic E-state index is 0.140. The van der Waals surface area contributed by atoms with Crippen molar-refractivity contribution >= 4 is 22.6 Å². The second-order valence-corrected chi connectivity index (χ2v) is 4.01. The molecule has 65 valence electrons. The van der Waals surface area contributed by atoms with Gasteiger partial charge in [0.05, 0.1) is 6.61 Å². The molecule has 0 spiro atoms. The van der Waals surface area contributed by atoms with Gasteiger partial charge in [-0.1, -0.05) is 19.1 Å². The second-order valence-electron chi connectivity index (χ2n) is 2.85. The van der Waals surface area contributed by atoms with Crippen LogP contribution in [0.2, 0.25) is 0 Å². The summed E-state index contributed by atoms with van der Waals surface area (Å²) in [4.78, 5) is 0. The number of aliphatic hydroxyl groups is 1. The van der Waals surface area contributed by atoms with E-state index in [0.29, 0.717) is 0 Å². The molecule has 0 atom stereocenters. The Hall–Kier alpha value is -0.0900. The summed E-state index contributed by atoms with van der Waals surface area (Å²) in [6.07, 6.45) is 0. The van der Waals surface area contributed by atoms with Gasteiger partial charge in [-0.25, -0.2) is 0 Å². The van der Waals surface area contributed by atoms with Crippen LogP contribution in [0.4, 0.5) is 0 Å². The van der Waals surface area contributed by atoms with Crippen molar-refractivity contribution in [3.05, 3.63) is 38.8 Å². The van der Waals surface area contributed by atoms with Crippen LogP contribution in [-0.2, 0) is 0 Å². The second kappa shape index (κ2) is 4.23. The highest BCUT2D eigenvalue weighted by molar-refractivity contribution is 14.1. The first-order chi connectivity index (χ1) is 5.66. The van der Waals surface area contributed by atoms with Crippen molar-refractivity contribution < 1.29 is 5.11 Å². The first kappa shape index (κ1) is 9.99. The molecule has 1 rings (SSSR count). The van der Waals surface area contributed by atoms with Gasteiger partial charge in [0.15, 0.2) is 0 Å². The van der Waals surface area contributed by atoms with E-state index in [9.17, 15) is 0 Å². The Bertz CT molecular complexity index is 271. The topological polar surface area (TPSA) is 20.2 Å². The third-order valence-corrected chi connectivity index (χ3v) is 3.13. The van der Waals surface area contributed by atoms with Gasteiger partial charge in [-0.3, -0.25) is 0 Å². The van der Waals surface area contributed by atoms with Crippen molar-refractivity contribution in [3.8, 4) is 0 Å². The Labute approximate surface area is 86.9 Å². The fourth-order valence-corrected chi connectivity index (χ4v) is 1.65. The van der Waals surface area contributed by atoms with Crippen LogP contribution in [0.5, 0.6) is 0 Å². The number of aliphatic hydroxyl groups excluding tert-OH is 1. The maximum atomic E-state index is 8.96. The van der Waals surface area contributed by atoms with Gasteiger partial charge in [0.1, 0.15) is 0 Å². The number of hydrogen-bond donors (Lipinski definition) is 1. The van der Waals surface area contributed by atoms with E-state index in [2.05, 4.69) is 35.6 Å². The lowest BCUT2D eigenvalue weighted by molar-refractivity contribution is 0.314. The van der Waals surface area contributed by atoms with Crippen LogP contribution in [0.15, 0.2) is 18.2 Å². The summed E-state index contributed by atoms with van der Waals surface area (Å²) in [5, 5.41) is 8.96. The Balaban J connectivity index is 3.07. The smallest absolute Gasteiger partial charge is 0.0534 e. The van der Waals surface area contributed by atoms with Gasteiger partial charge >= 0.3 is 0 Å². The van der Waals surface area contributed by atoms with E-state index in [-0.39, 0.29) is 6.61 Å². The molecule has 1 aromatic carbocycles. The molecule has 2 heteroatoms. The summed E-state index contributed by atoms with van der Waals surface area (Å²) in [6.45, 7) is 4.18. The molecule has 0 aliphatic rings. The number of rotatable bonds is 2. The van der Waals surface area contributed by atoms with Crippen LogP contribution in [-0.4, -0.2) is 11.7 Å². The van der Waals surface area contributed by atoms with E-state index in [1.165, 1.54) is 14.7 Å². The maximum Gasteiger partial charge on any atom is 0.0534 e. The first-order valence-electron chi connectivity index (χ1n) is 3.85. The highest BCUT2D eigenvalue weighted by atomic mass is 127. The van der Waals surface area contributed by atoms with Crippen LogP contribution in [0.1, 0.15) is 18.1 Å². The van der Waals surface area contributed by atoms with Crippen molar-refractivity contribution in [1.29, 1.82) is 0 Å². The van der Waals surface area contributed by atoms with E-state index in [0.717, 1.165) is 5.92 Å². The first-order valence-corrected chi connectivity index (χ1v) is 4.93. The van der Waals surface area contributed by atoms with E-state index in [1.54, 1.807) is 0 Å². The molecule has 0 aliphatic carbocycles. The van der Waals surface area contributed by atoms with Gasteiger partial charge in [0.25, 0.3) is 0 Å². The molecule has 1 radical (unpaired) electrons. The molecule has 0 fully saturated rings. The van der Waals surface area contributed by atoms with E-state index >= 15 is 0 Å². The standard InChI is InChI=1S/C10H12IO/c1-7(6-12)9-4-3-5-10(11)8(9)2/h3-5,12H,6H2,1-2H3. The summed E-state index contributed by atoms with van der Waals surface area (Å²) in [7, 11) is 0. The molecule has 0 heterocycles. The molecule has 1 nitrogen and oxygen atoms in total. The molecule has 12 heavy (non-hydrogen) atoms. The molecule has 0 aliphatic heterocycles. The fourth-order valence-electron chi connectivity index (χ4n) is 1.15. The van der Waals surface area contributed by atoms with Crippen LogP contribution in [0.3, 0.4) is 0 Å². The Morgan fingerprint density at radius 2 is 2.17 bits per heavy atom.